The summed E-state index contributed by atoms with van der Waals surface area (Å²) >= 11 is 0. The van der Waals surface area contributed by atoms with Crippen LogP contribution in [0.25, 0.3) is 11.4 Å². The molecule has 5 rings (SSSR count). The third-order valence-electron chi connectivity index (χ3n) is 7.21. The molecule has 2 aliphatic rings. The number of nitrogens with one attached hydrogen (secondary N) is 1. The van der Waals surface area contributed by atoms with Crippen molar-refractivity contribution in [1.82, 2.24) is 19.3 Å². The second-order valence-electron chi connectivity index (χ2n) is 9.74. The van der Waals surface area contributed by atoms with Crippen LogP contribution in [0.15, 0.2) is 51.9 Å². The SMILES string of the molecule is COc1ccc(S(=O)(=O)N2CCOCC2)cc1NC(=O)C1CCN(Cc2nc(-c3ccccc3C)no2)CC1. The highest BCUT2D eigenvalue weighted by Gasteiger charge is 2.29. The lowest BCUT2D eigenvalue weighted by Gasteiger charge is -2.30. The third-order valence-corrected chi connectivity index (χ3v) is 9.10. The van der Waals surface area contributed by atoms with E-state index >= 15 is 0 Å². The van der Waals surface area contributed by atoms with Gasteiger partial charge < -0.3 is 19.3 Å². The number of likely N-dealkylation sites (tertiary alicyclic amines) is 1. The van der Waals surface area contributed by atoms with Gasteiger partial charge in [0.15, 0.2) is 0 Å². The van der Waals surface area contributed by atoms with Crippen LogP contribution in [0, 0.1) is 12.8 Å². The van der Waals surface area contributed by atoms with E-state index in [9.17, 15) is 13.2 Å². The number of methoxy groups -OCH3 is 1. The highest BCUT2D eigenvalue weighted by Crippen LogP contribution is 2.31. The van der Waals surface area contributed by atoms with E-state index in [0.717, 1.165) is 11.1 Å². The summed E-state index contributed by atoms with van der Waals surface area (Å²) in [5.74, 6) is 1.15. The van der Waals surface area contributed by atoms with Crippen molar-refractivity contribution in [3.63, 3.8) is 0 Å². The maximum Gasteiger partial charge on any atom is 0.243 e. The van der Waals surface area contributed by atoms with Crippen molar-refractivity contribution < 1.29 is 27.2 Å². The quantitative estimate of drug-likeness (QED) is 0.446. The average molecular weight is 556 g/mol. The molecule has 0 aliphatic carbocycles. The third kappa shape index (κ3) is 6.14. The van der Waals surface area contributed by atoms with Crippen molar-refractivity contribution in [2.75, 3.05) is 51.8 Å². The number of morpholine rings is 1. The first-order valence-corrected chi connectivity index (χ1v) is 14.5. The zero-order valence-electron chi connectivity index (χ0n) is 22.1. The van der Waals surface area contributed by atoms with Gasteiger partial charge in [0.25, 0.3) is 0 Å². The number of carbonyl (C=O) groups excluding carboxylic acids is 1. The van der Waals surface area contributed by atoms with Crippen molar-refractivity contribution in [1.29, 1.82) is 0 Å². The minimum Gasteiger partial charge on any atom is -0.495 e. The molecule has 0 spiro atoms. The molecule has 2 aromatic carbocycles. The molecule has 12 heteroatoms. The van der Waals surface area contributed by atoms with Crippen molar-refractivity contribution in [2.45, 2.75) is 31.2 Å². The molecular weight excluding hydrogens is 522 g/mol. The van der Waals surface area contributed by atoms with E-state index in [0.29, 0.717) is 81.9 Å². The normalized spacial score (nSPS) is 17.7. The number of sulfonamides is 1. The molecule has 1 aromatic heterocycles. The van der Waals surface area contributed by atoms with Gasteiger partial charge in [0.05, 0.1) is 37.5 Å². The average Bonchev–Trinajstić information content (AvgIpc) is 3.42. The molecule has 0 unspecified atom stereocenters. The van der Waals surface area contributed by atoms with Gasteiger partial charge in [-0.25, -0.2) is 8.42 Å². The zero-order chi connectivity index (χ0) is 27.4. The van der Waals surface area contributed by atoms with E-state index in [2.05, 4.69) is 20.4 Å². The lowest BCUT2D eigenvalue weighted by Crippen LogP contribution is -2.40. The lowest BCUT2D eigenvalue weighted by atomic mass is 9.96. The van der Waals surface area contributed by atoms with Gasteiger partial charge in [0.2, 0.25) is 27.6 Å². The second kappa shape index (κ2) is 11.8. The fourth-order valence-electron chi connectivity index (χ4n) is 4.91. The summed E-state index contributed by atoms with van der Waals surface area (Å²) in [6.45, 7) is 5.23. The molecular formula is C27H33N5O6S. The summed E-state index contributed by atoms with van der Waals surface area (Å²) < 4.78 is 43.8. The Hall–Kier alpha value is -3.32. The number of hydrogen-bond acceptors (Lipinski definition) is 9. The van der Waals surface area contributed by atoms with E-state index in [4.69, 9.17) is 14.0 Å². The first kappa shape index (κ1) is 27.3. The predicted molar refractivity (Wildman–Crippen MR) is 144 cm³/mol. The van der Waals surface area contributed by atoms with E-state index in [-0.39, 0.29) is 16.7 Å². The number of aryl methyl sites for hydroxylation is 1. The maximum atomic E-state index is 13.2. The van der Waals surface area contributed by atoms with Gasteiger partial charge in [-0.1, -0.05) is 29.4 Å². The van der Waals surface area contributed by atoms with E-state index < -0.39 is 10.0 Å². The van der Waals surface area contributed by atoms with E-state index in [1.54, 1.807) is 6.07 Å². The molecule has 2 saturated heterocycles. The van der Waals surface area contributed by atoms with Crippen LogP contribution in [0.1, 0.15) is 24.3 Å². The van der Waals surface area contributed by atoms with Crippen molar-refractivity contribution in [2.24, 2.45) is 5.92 Å². The highest BCUT2D eigenvalue weighted by molar-refractivity contribution is 7.89. The number of rotatable bonds is 8. The van der Waals surface area contributed by atoms with Gasteiger partial charge in [-0.3, -0.25) is 9.69 Å². The molecule has 1 amide bonds. The number of nitrogens with zero attached hydrogens (tertiary/aromatic N) is 4. The first-order valence-electron chi connectivity index (χ1n) is 13.0. The number of benzene rings is 2. The maximum absolute atomic E-state index is 13.2. The molecule has 0 atom stereocenters. The van der Waals surface area contributed by atoms with Crippen LogP contribution in [0.4, 0.5) is 5.69 Å². The molecule has 1 N–H and O–H groups in total. The largest absolute Gasteiger partial charge is 0.495 e. The fraction of sp³-hybridized carbons (Fsp3) is 0.444. The minimum absolute atomic E-state index is 0.111. The number of carbonyl (C=O) groups is 1. The molecule has 3 aromatic rings. The summed E-state index contributed by atoms with van der Waals surface area (Å²) in [7, 11) is -2.22. The van der Waals surface area contributed by atoms with Crippen LogP contribution >= 0.6 is 0 Å². The number of amides is 1. The zero-order valence-corrected chi connectivity index (χ0v) is 22.9. The van der Waals surface area contributed by atoms with Crippen LogP contribution in [0.3, 0.4) is 0 Å². The molecule has 39 heavy (non-hydrogen) atoms. The Kier molecular flexibility index (Phi) is 8.26. The Labute approximate surface area is 228 Å². The summed E-state index contributed by atoms with van der Waals surface area (Å²) in [6.07, 6.45) is 1.30. The summed E-state index contributed by atoms with van der Waals surface area (Å²) in [5, 5.41) is 7.04. The van der Waals surface area contributed by atoms with Gasteiger partial charge in [-0.15, -0.1) is 0 Å². The molecule has 0 bridgehead atoms. The van der Waals surface area contributed by atoms with Crippen LogP contribution in [0.2, 0.25) is 0 Å². The number of piperidine rings is 1. The summed E-state index contributed by atoms with van der Waals surface area (Å²) in [5.41, 5.74) is 2.37. The number of hydrogen-bond donors (Lipinski definition) is 1. The lowest BCUT2D eigenvalue weighted by molar-refractivity contribution is -0.121. The minimum atomic E-state index is -3.71. The summed E-state index contributed by atoms with van der Waals surface area (Å²) in [6, 6.07) is 12.4. The standard InChI is InChI=1S/C27H33N5O6S/c1-19-5-3-4-6-22(19)26-29-25(38-30-26)18-31-11-9-20(10-12-31)27(33)28-23-17-21(7-8-24(23)36-2)39(34,35)32-13-15-37-16-14-32/h3-8,17,20H,9-16,18H2,1-2H3,(H,28,33). The molecule has 0 radical (unpaired) electrons. The van der Waals surface area contributed by atoms with Gasteiger partial charge in [0, 0.05) is 24.6 Å². The van der Waals surface area contributed by atoms with Crippen LogP contribution < -0.4 is 10.1 Å². The molecule has 11 nitrogen and oxygen atoms in total. The second-order valence-corrected chi connectivity index (χ2v) is 11.7. The summed E-state index contributed by atoms with van der Waals surface area (Å²) in [4.78, 5) is 20.0. The number of anilines is 1. The monoisotopic (exact) mass is 555 g/mol. The Balaban J connectivity index is 1.19. The van der Waals surface area contributed by atoms with Gasteiger partial charge in [-0.05, 0) is 56.6 Å². The van der Waals surface area contributed by atoms with Crippen molar-refractivity contribution in [3.05, 3.63) is 53.9 Å². The van der Waals surface area contributed by atoms with Crippen LogP contribution in [-0.2, 0) is 26.1 Å². The molecule has 2 fully saturated rings. The molecule has 2 aliphatic heterocycles. The van der Waals surface area contributed by atoms with Gasteiger partial charge >= 0.3 is 0 Å². The topological polar surface area (TPSA) is 127 Å². The Bertz CT molecular complexity index is 1410. The number of aromatic nitrogens is 2. The Morgan fingerprint density at radius 3 is 2.56 bits per heavy atom. The Morgan fingerprint density at radius 1 is 1.10 bits per heavy atom. The van der Waals surface area contributed by atoms with Gasteiger partial charge in [0.1, 0.15) is 5.75 Å². The molecule has 0 saturated carbocycles. The highest BCUT2D eigenvalue weighted by atomic mass is 32.2. The van der Waals surface area contributed by atoms with E-state index in [1.165, 1.54) is 23.5 Å². The fourth-order valence-corrected chi connectivity index (χ4v) is 6.35. The smallest absolute Gasteiger partial charge is 0.243 e. The molecule has 208 valence electrons. The van der Waals surface area contributed by atoms with Gasteiger partial charge in [-0.2, -0.15) is 9.29 Å². The number of ether oxygens (including phenoxy) is 2. The van der Waals surface area contributed by atoms with Crippen molar-refractivity contribution >= 4 is 21.6 Å². The van der Waals surface area contributed by atoms with Crippen LogP contribution in [-0.4, -0.2) is 80.2 Å². The predicted octanol–water partition coefficient (Wildman–Crippen LogP) is 2.93. The Morgan fingerprint density at radius 2 is 1.85 bits per heavy atom. The van der Waals surface area contributed by atoms with Crippen LogP contribution in [0.5, 0.6) is 5.75 Å². The van der Waals surface area contributed by atoms with E-state index in [1.807, 2.05) is 31.2 Å². The van der Waals surface area contributed by atoms with Crippen molar-refractivity contribution in [3.8, 4) is 17.1 Å². The first-order chi connectivity index (χ1) is 18.8. The molecule has 3 heterocycles.